The fourth-order valence-electron chi connectivity index (χ4n) is 1.03. The Morgan fingerprint density at radius 2 is 1.73 bits per heavy atom. The molecule has 0 aliphatic carbocycles. The maximum atomic E-state index is 9.57. The highest BCUT2D eigenvalue weighted by atomic mass is 28.4. The molecule has 1 rings (SSSR count). The average Bonchev–Trinajstić information content (AvgIpc) is 3.10. The van der Waals surface area contributed by atoms with Crippen LogP contribution in [0.2, 0.25) is 6.04 Å². The lowest BCUT2D eigenvalue weighted by molar-refractivity contribution is 0.123. The van der Waals surface area contributed by atoms with Crippen LogP contribution in [-0.2, 0) is 23.1 Å². The van der Waals surface area contributed by atoms with Crippen LogP contribution in [0.25, 0.3) is 0 Å². The Morgan fingerprint density at radius 3 is 1.80 bits per heavy atom. The van der Waals surface area contributed by atoms with Crippen LogP contribution in [0.3, 0.4) is 0 Å². The van der Waals surface area contributed by atoms with E-state index in [1.807, 2.05) is 0 Å². The SMILES string of the molecule is CCC[Si](OC)(OC)OC.[O]CC1CO1. The van der Waals surface area contributed by atoms with Gasteiger partial charge in [-0.1, -0.05) is 13.3 Å². The van der Waals surface area contributed by atoms with Gasteiger partial charge in [-0.3, -0.25) is 0 Å². The van der Waals surface area contributed by atoms with Gasteiger partial charge in [0.1, 0.15) is 12.7 Å². The molecule has 0 aromatic rings. The highest BCUT2D eigenvalue weighted by Crippen LogP contribution is 2.13. The Kier molecular flexibility index (Phi) is 8.21. The van der Waals surface area contributed by atoms with Gasteiger partial charge in [0.15, 0.2) is 0 Å². The molecule has 0 N–H and O–H groups in total. The fourth-order valence-corrected chi connectivity index (χ4v) is 2.75. The van der Waals surface area contributed by atoms with Crippen LogP contribution in [0.5, 0.6) is 0 Å². The van der Waals surface area contributed by atoms with Crippen LogP contribution in [0, 0.1) is 0 Å². The Hall–Kier alpha value is 0.0169. The fraction of sp³-hybridized carbons (Fsp3) is 1.00. The standard InChI is InChI=1S/C6H16O3Si.C3H5O2/c1-5-6-10(7-2,8-3)9-4;4-1-3-2-5-3/h5-6H2,1-4H3;3H,1-2H2. The van der Waals surface area contributed by atoms with Crippen molar-refractivity contribution in [2.75, 3.05) is 34.5 Å². The van der Waals surface area contributed by atoms with Gasteiger partial charge in [0.2, 0.25) is 0 Å². The minimum atomic E-state index is -2.22. The predicted octanol–water partition coefficient (Wildman–Crippen LogP) is 1.09. The lowest BCUT2D eigenvalue weighted by Crippen LogP contribution is -2.42. The zero-order valence-electron chi connectivity index (χ0n) is 9.95. The molecular weight excluding hydrogens is 216 g/mol. The topological polar surface area (TPSA) is 60.1 Å². The van der Waals surface area contributed by atoms with E-state index in [1.54, 1.807) is 21.3 Å². The van der Waals surface area contributed by atoms with Crippen molar-refractivity contribution in [3.63, 3.8) is 0 Å². The van der Waals surface area contributed by atoms with Gasteiger partial charge in [-0.05, 0) is 0 Å². The van der Waals surface area contributed by atoms with E-state index in [9.17, 15) is 5.11 Å². The normalized spacial score (nSPS) is 19.4. The summed E-state index contributed by atoms with van der Waals surface area (Å²) < 4.78 is 20.1. The van der Waals surface area contributed by atoms with Crippen LogP contribution < -0.4 is 0 Å². The molecule has 91 valence electrons. The number of ether oxygens (including phenoxy) is 1. The van der Waals surface area contributed by atoms with Gasteiger partial charge in [0, 0.05) is 27.4 Å². The Balaban J connectivity index is 0.000000322. The summed E-state index contributed by atoms with van der Waals surface area (Å²) in [5.41, 5.74) is 0. The van der Waals surface area contributed by atoms with Crippen molar-refractivity contribution >= 4 is 8.80 Å². The lowest BCUT2D eigenvalue weighted by atomic mass is 10.5. The number of hydrogen-bond acceptors (Lipinski definition) is 4. The average molecular weight is 237 g/mol. The summed E-state index contributed by atoms with van der Waals surface area (Å²) in [4.78, 5) is 0. The first-order valence-electron chi connectivity index (χ1n) is 5.03. The number of epoxide rings is 1. The van der Waals surface area contributed by atoms with Gasteiger partial charge < -0.3 is 18.0 Å². The van der Waals surface area contributed by atoms with Crippen LogP contribution in [0.15, 0.2) is 0 Å². The minimum Gasteiger partial charge on any atom is -0.377 e. The molecule has 1 fully saturated rings. The quantitative estimate of drug-likeness (QED) is 0.512. The van der Waals surface area contributed by atoms with Crippen molar-refractivity contribution in [3.05, 3.63) is 0 Å². The Bertz CT molecular complexity index is 139. The molecule has 5 nitrogen and oxygen atoms in total. The minimum absolute atomic E-state index is 0.0556. The third-order valence-corrected chi connectivity index (χ3v) is 5.06. The van der Waals surface area contributed by atoms with E-state index in [1.165, 1.54) is 0 Å². The van der Waals surface area contributed by atoms with Crippen LogP contribution in [-0.4, -0.2) is 49.5 Å². The van der Waals surface area contributed by atoms with Gasteiger partial charge in [0.25, 0.3) is 0 Å². The molecule has 6 heteroatoms. The van der Waals surface area contributed by atoms with Gasteiger partial charge in [0.05, 0.1) is 6.61 Å². The molecule has 0 saturated carbocycles. The summed E-state index contributed by atoms with van der Waals surface area (Å²) in [7, 11) is 2.68. The molecule has 0 aromatic heterocycles. The third kappa shape index (κ3) is 6.24. The maximum absolute atomic E-state index is 9.57. The summed E-state index contributed by atoms with van der Waals surface area (Å²) in [6, 6.07) is 0.885. The van der Waals surface area contributed by atoms with Crippen molar-refractivity contribution in [1.29, 1.82) is 0 Å². The summed E-state index contributed by atoms with van der Waals surface area (Å²) in [5.74, 6) is 0. The second-order valence-electron chi connectivity index (χ2n) is 3.17. The van der Waals surface area contributed by atoms with E-state index in [4.69, 9.17) is 13.3 Å². The predicted molar refractivity (Wildman–Crippen MR) is 57.2 cm³/mol. The van der Waals surface area contributed by atoms with E-state index in [0.717, 1.165) is 12.5 Å². The molecule has 0 amide bonds. The van der Waals surface area contributed by atoms with Crippen LogP contribution in [0.1, 0.15) is 13.3 Å². The van der Waals surface area contributed by atoms with Crippen molar-refractivity contribution in [2.24, 2.45) is 0 Å². The van der Waals surface area contributed by atoms with Gasteiger partial charge >= 0.3 is 8.80 Å². The summed E-state index contributed by atoms with van der Waals surface area (Å²) in [6.07, 6.45) is 1.11. The molecule has 1 aliphatic rings. The molecule has 0 bridgehead atoms. The van der Waals surface area contributed by atoms with Gasteiger partial charge in [-0.15, -0.1) is 0 Å². The Morgan fingerprint density at radius 1 is 1.27 bits per heavy atom. The first-order chi connectivity index (χ1) is 7.17. The molecule has 1 radical (unpaired) electrons. The number of rotatable bonds is 6. The monoisotopic (exact) mass is 237 g/mol. The first kappa shape index (κ1) is 15.0. The zero-order valence-corrected chi connectivity index (χ0v) is 10.9. The lowest BCUT2D eigenvalue weighted by Gasteiger charge is -2.23. The van der Waals surface area contributed by atoms with E-state index in [2.05, 4.69) is 11.7 Å². The summed E-state index contributed by atoms with van der Waals surface area (Å²) in [6.45, 7) is 2.72. The second kappa shape index (κ2) is 8.20. The van der Waals surface area contributed by atoms with E-state index < -0.39 is 8.80 Å². The van der Waals surface area contributed by atoms with Crippen molar-refractivity contribution < 1.29 is 23.1 Å². The molecule has 1 atom stereocenters. The van der Waals surface area contributed by atoms with Crippen molar-refractivity contribution in [3.8, 4) is 0 Å². The zero-order chi connectivity index (χ0) is 11.7. The van der Waals surface area contributed by atoms with E-state index in [0.29, 0.717) is 6.61 Å². The molecule has 0 aromatic carbocycles. The molecule has 0 spiro atoms. The van der Waals surface area contributed by atoms with E-state index in [-0.39, 0.29) is 12.7 Å². The smallest absolute Gasteiger partial charge is 0.377 e. The number of hydrogen-bond donors (Lipinski definition) is 0. The Labute approximate surface area is 92.7 Å². The first-order valence-corrected chi connectivity index (χ1v) is 6.96. The van der Waals surface area contributed by atoms with Gasteiger partial charge in [-0.2, -0.15) is 0 Å². The van der Waals surface area contributed by atoms with Gasteiger partial charge in [-0.25, -0.2) is 5.11 Å². The molecule has 15 heavy (non-hydrogen) atoms. The van der Waals surface area contributed by atoms with Crippen LogP contribution >= 0.6 is 0 Å². The molecule has 1 unspecified atom stereocenters. The summed E-state index contributed by atoms with van der Waals surface area (Å²) in [5, 5.41) is 9.57. The highest BCUT2D eigenvalue weighted by molar-refractivity contribution is 6.60. The largest absolute Gasteiger partial charge is 0.500 e. The third-order valence-electron chi connectivity index (χ3n) is 2.08. The van der Waals surface area contributed by atoms with Crippen molar-refractivity contribution in [2.45, 2.75) is 25.5 Å². The summed E-state index contributed by atoms with van der Waals surface area (Å²) >= 11 is 0. The second-order valence-corrected chi connectivity index (χ2v) is 6.26. The molecule has 1 heterocycles. The molecule has 1 aliphatic heterocycles. The molecular formula is C9H21O5Si. The molecule has 1 saturated heterocycles. The van der Waals surface area contributed by atoms with Crippen LogP contribution in [0.4, 0.5) is 0 Å². The van der Waals surface area contributed by atoms with E-state index >= 15 is 0 Å². The van der Waals surface area contributed by atoms with Crippen molar-refractivity contribution in [1.82, 2.24) is 0 Å². The highest BCUT2D eigenvalue weighted by Gasteiger charge is 2.36. The maximum Gasteiger partial charge on any atom is 0.500 e.